The van der Waals surface area contributed by atoms with Crippen LogP contribution >= 0.6 is 22.9 Å². The predicted molar refractivity (Wildman–Crippen MR) is 116 cm³/mol. The third-order valence-corrected chi connectivity index (χ3v) is 7.04. The van der Waals surface area contributed by atoms with Gasteiger partial charge in [0, 0.05) is 25.0 Å². The Labute approximate surface area is 178 Å². The minimum atomic E-state index is -3.32. The summed E-state index contributed by atoms with van der Waals surface area (Å²) in [7, 11) is -3.32. The molecule has 0 radical (unpaired) electrons. The van der Waals surface area contributed by atoms with Crippen LogP contribution in [0.25, 0.3) is 10.2 Å². The topological polar surface area (TPSA) is 77.7 Å². The molecule has 0 saturated heterocycles. The van der Waals surface area contributed by atoms with Crippen LogP contribution in [0.3, 0.4) is 0 Å². The Morgan fingerprint density at radius 1 is 1.21 bits per heavy atom. The van der Waals surface area contributed by atoms with Crippen molar-refractivity contribution in [2.24, 2.45) is 4.99 Å². The molecule has 0 atom stereocenters. The Balaban J connectivity index is 2.08. The largest absolute Gasteiger partial charge is 0.380 e. The fourth-order valence-corrected chi connectivity index (χ4v) is 4.94. The Bertz CT molecular complexity index is 1230. The van der Waals surface area contributed by atoms with Crippen LogP contribution in [0, 0.1) is 6.92 Å². The Morgan fingerprint density at radius 3 is 2.52 bits per heavy atom. The zero-order valence-electron chi connectivity index (χ0n) is 16.3. The second-order valence-electron chi connectivity index (χ2n) is 6.49. The van der Waals surface area contributed by atoms with Crippen molar-refractivity contribution in [1.29, 1.82) is 0 Å². The zero-order valence-corrected chi connectivity index (χ0v) is 18.7. The van der Waals surface area contributed by atoms with Crippen LogP contribution in [0.15, 0.2) is 46.3 Å². The fraction of sp³-hybridized carbons (Fsp3) is 0.300. The second-order valence-corrected chi connectivity index (χ2v) is 9.89. The average molecular weight is 453 g/mol. The molecule has 3 aromatic rings. The zero-order chi connectivity index (χ0) is 21.2. The minimum Gasteiger partial charge on any atom is -0.380 e. The van der Waals surface area contributed by atoms with Crippen molar-refractivity contribution in [3.05, 3.63) is 57.3 Å². The highest BCUT2D eigenvalue weighted by atomic mass is 35.5. The van der Waals surface area contributed by atoms with Gasteiger partial charge in [-0.15, -0.1) is 0 Å². The quantitative estimate of drug-likeness (QED) is 0.532. The van der Waals surface area contributed by atoms with E-state index in [1.54, 1.807) is 0 Å². The number of hydrogen-bond acceptors (Lipinski definition) is 5. The number of aryl methyl sites for hydroxylation is 1. The Hall–Kier alpha value is -2.00. The van der Waals surface area contributed by atoms with E-state index < -0.39 is 15.7 Å². The van der Waals surface area contributed by atoms with Crippen molar-refractivity contribution in [1.82, 2.24) is 4.57 Å². The van der Waals surface area contributed by atoms with E-state index in [-0.39, 0.29) is 4.90 Å². The summed E-state index contributed by atoms with van der Waals surface area (Å²) < 4.78 is 31.5. The van der Waals surface area contributed by atoms with Gasteiger partial charge in [-0.1, -0.05) is 29.0 Å². The van der Waals surface area contributed by atoms with Gasteiger partial charge in [0.15, 0.2) is 14.6 Å². The summed E-state index contributed by atoms with van der Waals surface area (Å²) in [6.07, 6.45) is 1.12. The summed E-state index contributed by atoms with van der Waals surface area (Å²) >= 11 is 7.72. The van der Waals surface area contributed by atoms with Gasteiger partial charge in [-0.25, -0.2) is 8.42 Å². The molecular weight excluding hydrogens is 432 g/mol. The summed E-state index contributed by atoms with van der Waals surface area (Å²) in [4.78, 5) is 17.7. The van der Waals surface area contributed by atoms with Gasteiger partial charge in [0.05, 0.1) is 26.7 Å². The number of aromatic nitrogens is 1. The number of carbonyl (C=O) groups excluding carboxylic acids is 1. The summed E-state index contributed by atoms with van der Waals surface area (Å²) in [5, 5.41) is 0.604. The van der Waals surface area contributed by atoms with Crippen LogP contribution in [0.2, 0.25) is 5.02 Å². The van der Waals surface area contributed by atoms with Crippen molar-refractivity contribution in [3.63, 3.8) is 0 Å². The number of thiazole rings is 1. The van der Waals surface area contributed by atoms with E-state index in [1.807, 2.05) is 30.5 Å². The number of amides is 1. The van der Waals surface area contributed by atoms with E-state index in [1.165, 1.54) is 35.6 Å². The van der Waals surface area contributed by atoms with E-state index in [9.17, 15) is 13.2 Å². The molecule has 0 fully saturated rings. The maximum absolute atomic E-state index is 12.7. The molecule has 2 aromatic carbocycles. The van der Waals surface area contributed by atoms with Crippen LogP contribution in [0.1, 0.15) is 22.8 Å². The van der Waals surface area contributed by atoms with Gasteiger partial charge in [0.2, 0.25) is 0 Å². The van der Waals surface area contributed by atoms with Gasteiger partial charge in [-0.05, 0) is 49.7 Å². The highest BCUT2D eigenvalue weighted by Gasteiger charge is 2.14. The molecule has 1 heterocycles. The molecule has 0 saturated carbocycles. The lowest BCUT2D eigenvalue weighted by Crippen LogP contribution is -2.20. The van der Waals surface area contributed by atoms with Crippen molar-refractivity contribution in [2.45, 2.75) is 25.3 Å². The lowest BCUT2D eigenvalue weighted by Gasteiger charge is -2.08. The molecule has 0 aliphatic rings. The number of rotatable bonds is 6. The van der Waals surface area contributed by atoms with Crippen LogP contribution in [-0.4, -0.2) is 38.4 Å². The SMILES string of the molecule is CCOCCn1c(=NC(=O)c2ccc(S(C)(=O)=O)cc2)sc2c(Cl)ccc(C)c21. The van der Waals surface area contributed by atoms with Gasteiger partial charge in [-0.2, -0.15) is 4.99 Å². The second kappa shape index (κ2) is 8.79. The molecule has 0 aliphatic carbocycles. The van der Waals surface area contributed by atoms with E-state index in [0.29, 0.717) is 35.1 Å². The molecule has 1 amide bonds. The van der Waals surface area contributed by atoms with Crippen LogP contribution in [0.4, 0.5) is 0 Å². The summed E-state index contributed by atoms with van der Waals surface area (Å²) in [6.45, 7) is 5.53. The number of benzene rings is 2. The van der Waals surface area contributed by atoms with E-state index in [2.05, 4.69) is 4.99 Å². The first-order chi connectivity index (χ1) is 13.7. The lowest BCUT2D eigenvalue weighted by atomic mass is 10.2. The van der Waals surface area contributed by atoms with Gasteiger partial charge in [0.25, 0.3) is 5.91 Å². The number of carbonyl (C=O) groups is 1. The number of fused-ring (bicyclic) bond motifs is 1. The molecule has 9 heteroatoms. The first kappa shape index (κ1) is 21.7. The van der Waals surface area contributed by atoms with E-state index in [0.717, 1.165) is 22.0 Å². The van der Waals surface area contributed by atoms with Crippen molar-refractivity contribution >= 4 is 48.9 Å². The molecular formula is C20H21ClN2O4S2. The molecule has 0 aliphatic heterocycles. The first-order valence-electron chi connectivity index (χ1n) is 8.97. The summed E-state index contributed by atoms with van der Waals surface area (Å²) in [5.74, 6) is -0.449. The van der Waals surface area contributed by atoms with Crippen LogP contribution in [-0.2, 0) is 21.1 Å². The summed E-state index contributed by atoms with van der Waals surface area (Å²) in [5.41, 5.74) is 2.28. The number of ether oxygens (including phenoxy) is 1. The molecule has 6 nitrogen and oxygen atoms in total. The van der Waals surface area contributed by atoms with Crippen molar-refractivity contribution in [2.75, 3.05) is 19.5 Å². The molecule has 0 N–H and O–H groups in total. The van der Waals surface area contributed by atoms with Crippen LogP contribution in [0.5, 0.6) is 0 Å². The Morgan fingerprint density at radius 2 is 1.90 bits per heavy atom. The highest BCUT2D eigenvalue weighted by Crippen LogP contribution is 2.29. The maximum Gasteiger partial charge on any atom is 0.279 e. The lowest BCUT2D eigenvalue weighted by molar-refractivity contribution is 0.0996. The van der Waals surface area contributed by atoms with E-state index in [4.69, 9.17) is 16.3 Å². The fourth-order valence-electron chi connectivity index (χ4n) is 2.91. The normalized spacial score (nSPS) is 12.6. The van der Waals surface area contributed by atoms with Gasteiger partial charge in [0.1, 0.15) is 0 Å². The molecule has 154 valence electrons. The molecule has 0 bridgehead atoms. The third-order valence-electron chi connectivity index (χ3n) is 4.37. The minimum absolute atomic E-state index is 0.157. The van der Waals surface area contributed by atoms with E-state index >= 15 is 0 Å². The molecule has 0 spiro atoms. The standard InChI is InChI=1S/C20H21ClN2O4S2/c1-4-27-12-11-23-17-13(2)5-10-16(21)18(17)28-20(23)22-19(24)14-6-8-15(9-7-14)29(3,25)26/h5-10H,4,11-12H2,1-3H3. The first-order valence-corrected chi connectivity index (χ1v) is 12.1. The average Bonchev–Trinajstić information content (AvgIpc) is 3.04. The van der Waals surface area contributed by atoms with Gasteiger partial charge < -0.3 is 9.30 Å². The smallest absolute Gasteiger partial charge is 0.279 e. The number of halogens is 1. The summed E-state index contributed by atoms with van der Waals surface area (Å²) in [6, 6.07) is 9.53. The van der Waals surface area contributed by atoms with Gasteiger partial charge >= 0.3 is 0 Å². The number of hydrogen-bond donors (Lipinski definition) is 0. The highest BCUT2D eigenvalue weighted by molar-refractivity contribution is 7.90. The predicted octanol–water partition coefficient (Wildman–Crippen LogP) is 3.85. The molecule has 29 heavy (non-hydrogen) atoms. The number of sulfone groups is 1. The number of nitrogens with zero attached hydrogens (tertiary/aromatic N) is 2. The van der Waals surface area contributed by atoms with Crippen LogP contribution < -0.4 is 4.80 Å². The molecule has 0 unspecified atom stereocenters. The monoisotopic (exact) mass is 452 g/mol. The maximum atomic E-state index is 12.7. The molecule has 3 rings (SSSR count). The molecule has 1 aromatic heterocycles. The van der Waals surface area contributed by atoms with Crippen molar-refractivity contribution in [3.8, 4) is 0 Å². The van der Waals surface area contributed by atoms with Gasteiger partial charge in [-0.3, -0.25) is 4.79 Å². The van der Waals surface area contributed by atoms with Crippen molar-refractivity contribution < 1.29 is 17.9 Å². The third kappa shape index (κ3) is 4.78. The Kier molecular flexibility index (Phi) is 6.58.